The van der Waals surface area contributed by atoms with Crippen LogP contribution in [0, 0.1) is 6.92 Å². The van der Waals surface area contributed by atoms with Crippen molar-refractivity contribution in [2.45, 2.75) is 32.7 Å². The van der Waals surface area contributed by atoms with Crippen molar-refractivity contribution in [3.8, 4) is 0 Å². The van der Waals surface area contributed by atoms with E-state index in [2.05, 4.69) is 48.2 Å². The summed E-state index contributed by atoms with van der Waals surface area (Å²) in [6, 6.07) is 8.94. The molecule has 0 saturated heterocycles. The largest absolute Gasteiger partial charge is 0.448 e. The van der Waals surface area contributed by atoms with Gasteiger partial charge in [-0.05, 0) is 32.3 Å². The first-order valence-corrected chi connectivity index (χ1v) is 6.29. The van der Waals surface area contributed by atoms with Gasteiger partial charge >= 0.3 is 6.09 Å². The Morgan fingerprint density at radius 3 is 2.94 bits per heavy atom. The summed E-state index contributed by atoms with van der Waals surface area (Å²) in [6.07, 6.45) is 1.39. The van der Waals surface area contributed by atoms with Gasteiger partial charge in [-0.3, -0.25) is 0 Å². The van der Waals surface area contributed by atoms with Gasteiger partial charge in [-0.15, -0.1) is 0 Å². The van der Waals surface area contributed by atoms with Crippen LogP contribution in [0.5, 0.6) is 0 Å². The van der Waals surface area contributed by atoms with Crippen LogP contribution in [-0.4, -0.2) is 25.3 Å². The van der Waals surface area contributed by atoms with E-state index in [1.807, 2.05) is 0 Å². The van der Waals surface area contributed by atoms with Crippen LogP contribution in [0.2, 0.25) is 0 Å². The highest BCUT2D eigenvalue weighted by molar-refractivity contribution is 5.64. The molecule has 1 unspecified atom stereocenters. The average Bonchev–Trinajstić information content (AvgIpc) is 2.32. The molecular weight excluding hydrogens is 228 g/mol. The molecule has 0 spiro atoms. The second-order valence-corrected chi connectivity index (χ2v) is 4.55. The Morgan fingerprint density at radius 2 is 2.28 bits per heavy atom. The SMILES string of the molecule is Cc1cccc(CCC(C)NCCOC(N)=O)c1. The zero-order valence-electron chi connectivity index (χ0n) is 11.1. The van der Waals surface area contributed by atoms with Crippen molar-refractivity contribution >= 4 is 6.09 Å². The molecule has 0 heterocycles. The van der Waals surface area contributed by atoms with Gasteiger partial charge in [0.05, 0.1) is 0 Å². The number of nitrogens with one attached hydrogen (secondary N) is 1. The van der Waals surface area contributed by atoms with E-state index in [9.17, 15) is 4.79 Å². The van der Waals surface area contributed by atoms with E-state index in [1.165, 1.54) is 11.1 Å². The van der Waals surface area contributed by atoms with Gasteiger partial charge in [0.15, 0.2) is 0 Å². The number of hydrogen-bond donors (Lipinski definition) is 2. The first-order valence-electron chi connectivity index (χ1n) is 6.29. The third kappa shape index (κ3) is 6.25. The molecular formula is C14H22N2O2. The van der Waals surface area contributed by atoms with Crippen molar-refractivity contribution in [2.24, 2.45) is 5.73 Å². The molecule has 0 aromatic heterocycles. The summed E-state index contributed by atoms with van der Waals surface area (Å²) in [7, 11) is 0. The second kappa shape index (κ2) is 7.71. The second-order valence-electron chi connectivity index (χ2n) is 4.55. The number of carbonyl (C=O) groups is 1. The summed E-state index contributed by atoms with van der Waals surface area (Å²) in [5.74, 6) is 0. The maximum absolute atomic E-state index is 10.4. The van der Waals surface area contributed by atoms with Crippen LogP contribution < -0.4 is 11.1 Å². The summed E-state index contributed by atoms with van der Waals surface area (Å²) < 4.78 is 4.65. The van der Waals surface area contributed by atoms with Crippen LogP contribution in [0.4, 0.5) is 4.79 Å². The van der Waals surface area contributed by atoms with E-state index < -0.39 is 6.09 Å². The van der Waals surface area contributed by atoms with Crippen molar-refractivity contribution in [3.63, 3.8) is 0 Å². The Morgan fingerprint density at radius 1 is 1.50 bits per heavy atom. The van der Waals surface area contributed by atoms with Crippen molar-refractivity contribution < 1.29 is 9.53 Å². The molecule has 0 bridgehead atoms. The van der Waals surface area contributed by atoms with Crippen LogP contribution in [0.15, 0.2) is 24.3 Å². The van der Waals surface area contributed by atoms with Gasteiger partial charge in [0.2, 0.25) is 0 Å². The smallest absolute Gasteiger partial charge is 0.404 e. The van der Waals surface area contributed by atoms with Crippen LogP contribution in [-0.2, 0) is 11.2 Å². The number of rotatable bonds is 7. The molecule has 1 aromatic rings. The average molecular weight is 250 g/mol. The van der Waals surface area contributed by atoms with Gasteiger partial charge in [0, 0.05) is 12.6 Å². The minimum absolute atomic E-state index is 0.324. The molecule has 0 aliphatic rings. The van der Waals surface area contributed by atoms with Gasteiger partial charge in [0.1, 0.15) is 6.61 Å². The highest BCUT2D eigenvalue weighted by Crippen LogP contribution is 2.07. The topological polar surface area (TPSA) is 64.3 Å². The van der Waals surface area contributed by atoms with E-state index in [0.29, 0.717) is 19.2 Å². The first-order chi connectivity index (χ1) is 8.58. The lowest BCUT2D eigenvalue weighted by Crippen LogP contribution is -2.31. The van der Waals surface area contributed by atoms with Crippen molar-refractivity contribution in [1.29, 1.82) is 0 Å². The minimum atomic E-state index is -0.718. The number of benzene rings is 1. The van der Waals surface area contributed by atoms with E-state index in [-0.39, 0.29) is 0 Å². The van der Waals surface area contributed by atoms with Crippen LogP contribution in [0.25, 0.3) is 0 Å². The molecule has 1 atom stereocenters. The standard InChI is InChI=1S/C14H22N2O2/c1-11-4-3-5-13(10-11)7-6-12(2)16-8-9-18-14(15)17/h3-5,10,12,16H,6-9H2,1-2H3,(H2,15,17). The van der Waals surface area contributed by atoms with Crippen LogP contribution in [0.1, 0.15) is 24.5 Å². The zero-order chi connectivity index (χ0) is 13.4. The molecule has 0 aliphatic carbocycles. The predicted octanol–water partition coefficient (Wildman–Crippen LogP) is 2.00. The summed E-state index contributed by atoms with van der Waals surface area (Å²) in [5, 5.41) is 3.29. The predicted molar refractivity (Wildman–Crippen MR) is 72.5 cm³/mol. The summed E-state index contributed by atoms with van der Waals surface area (Å²) in [4.78, 5) is 10.4. The number of aryl methyl sites for hydroxylation is 2. The number of nitrogens with two attached hydrogens (primary N) is 1. The lowest BCUT2D eigenvalue weighted by atomic mass is 10.0. The minimum Gasteiger partial charge on any atom is -0.448 e. The van der Waals surface area contributed by atoms with Gasteiger partial charge in [-0.1, -0.05) is 29.8 Å². The van der Waals surface area contributed by atoms with Gasteiger partial charge in [-0.2, -0.15) is 0 Å². The van der Waals surface area contributed by atoms with Crippen LogP contribution >= 0.6 is 0 Å². The van der Waals surface area contributed by atoms with Crippen molar-refractivity contribution in [1.82, 2.24) is 5.32 Å². The third-order valence-electron chi connectivity index (χ3n) is 2.79. The van der Waals surface area contributed by atoms with Gasteiger partial charge < -0.3 is 15.8 Å². The van der Waals surface area contributed by atoms with E-state index in [4.69, 9.17) is 5.73 Å². The lowest BCUT2D eigenvalue weighted by Gasteiger charge is -2.13. The Hall–Kier alpha value is -1.55. The highest BCUT2D eigenvalue weighted by Gasteiger charge is 2.02. The molecule has 100 valence electrons. The Bertz CT molecular complexity index is 380. The Labute approximate surface area is 109 Å². The van der Waals surface area contributed by atoms with Crippen molar-refractivity contribution in [3.05, 3.63) is 35.4 Å². The monoisotopic (exact) mass is 250 g/mol. The molecule has 0 fully saturated rings. The van der Waals surface area contributed by atoms with E-state index in [1.54, 1.807) is 0 Å². The van der Waals surface area contributed by atoms with Crippen LogP contribution in [0.3, 0.4) is 0 Å². The van der Waals surface area contributed by atoms with Gasteiger partial charge in [0.25, 0.3) is 0 Å². The number of carbonyl (C=O) groups excluding carboxylic acids is 1. The number of hydrogen-bond acceptors (Lipinski definition) is 3. The highest BCUT2D eigenvalue weighted by atomic mass is 16.5. The third-order valence-corrected chi connectivity index (χ3v) is 2.79. The van der Waals surface area contributed by atoms with Crippen molar-refractivity contribution in [2.75, 3.05) is 13.2 Å². The van der Waals surface area contributed by atoms with E-state index >= 15 is 0 Å². The molecule has 0 saturated carbocycles. The summed E-state index contributed by atoms with van der Waals surface area (Å²) >= 11 is 0. The summed E-state index contributed by atoms with van der Waals surface area (Å²) in [6.45, 7) is 5.19. The quantitative estimate of drug-likeness (QED) is 0.727. The molecule has 18 heavy (non-hydrogen) atoms. The summed E-state index contributed by atoms with van der Waals surface area (Å²) in [5.41, 5.74) is 7.52. The fourth-order valence-electron chi connectivity index (χ4n) is 1.81. The lowest BCUT2D eigenvalue weighted by molar-refractivity contribution is 0.156. The molecule has 4 heteroatoms. The molecule has 0 radical (unpaired) electrons. The maximum atomic E-state index is 10.4. The zero-order valence-corrected chi connectivity index (χ0v) is 11.1. The fraction of sp³-hybridized carbons (Fsp3) is 0.500. The molecule has 1 aromatic carbocycles. The molecule has 1 amide bonds. The van der Waals surface area contributed by atoms with E-state index in [0.717, 1.165) is 12.8 Å². The normalized spacial score (nSPS) is 12.1. The molecule has 4 nitrogen and oxygen atoms in total. The van der Waals surface area contributed by atoms with Gasteiger partial charge in [-0.25, -0.2) is 4.79 Å². The first kappa shape index (κ1) is 14.5. The number of primary amides is 1. The Kier molecular flexibility index (Phi) is 6.22. The Balaban J connectivity index is 2.17. The molecule has 3 N–H and O–H groups in total. The maximum Gasteiger partial charge on any atom is 0.404 e. The fourth-order valence-corrected chi connectivity index (χ4v) is 1.81. The number of ether oxygens (including phenoxy) is 1. The number of amides is 1. The molecule has 1 rings (SSSR count). The molecule has 0 aliphatic heterocycles.